The summed E-state index contributed by atoms with van der Waals surface area (Å²) in [6.45, 7) is 0.496. The monoisotopic (exact) mass is 361 g/mol. The minimum atomic E-state index is -2.86. The van der Waals surface area contributed by atoms with Crippen LogP contribution in [0.2, 0.25) is 0 Å². The zero-order valence-electron chi connectivity index (χ0n) is 11.5. The summed E-state index contributed by atoms with van der Waals surface area (Å²) in [4.78, 5) is 0. The normalized spacial score (nSPS) is 22.6. The lowest BCUT2D eigenvalue weighted by Crippen LogP contribution is -2.26. The lowest BCUT2D eigenvalue weighted by Gasteiger charge is -2.22. The summed E-state index contributed by atoms with van der Waals surface area (Å²) in [5.41, 5.74) is 6.94. The molecule has 112 valence electrons. The molecule has 1 aromatic carbocycles. The van der Waals surface area contributed by atoms with Crippen LogP contribution in [0.25, 0.3) is 0 Å². The maximum absolute atomic E-state index is 11.6. The van der Waals surface area contributed by atoms with Gasteiger partial charge in [-0.3, -0.25) is 0 Å². The van der Waals surface area contributed by atoms with Gasteiger partial charge in [-0.15, -0.1) is 0 Å². The first-order valence-corrected chi connectivity index (χ1v) is 9.29. The molecule has 0 aromatic heterocycles. The number of halogens is 1. The fourth-order valence-corrected chi connectivity index (χ4v) is 5.16. The van der Waals surface area contributed by atoms with Crippen LogP contribution < -0.4 is 10.5 Å². The van der Waals surface area contributed by atoms with Gasteiger partial charge in [0, 0.05) is 4.47 Å². The Morgan fingerprint density at radius 2 is 2.25 bits per heavy atom. The van der Waals surface area contributed by atoms with Crippen LogP contribution in [0.1, 0.15) is 12.0 Å². The lowest BCUT2D eigenvalue weighted by atomic mass is 9.86. The van der Waals surface area contributed by atoms with Gasteiger partial charge in [-0.25, -0.2) is 8.42 Å². The molecular weight excluding hydrogens is 342 g/mol. The molecule has 2 unspecified atom stereocenters. The predicted octanol–water partition coefficient (Wildman–Crippen LogP) is 2.01. The van der Waals surface area contributed by atoms with Crippen LogP contribution in [0.5, 0.6) is 5.75 Å². The van der Waals surface area contributed by atoms with Crippen molar-refractivity contribution >= 4 is 25.8 Å². The molecule has 0 amide bonds. The van der Waals surface area contributed by atoms with Crippen molar-refractivity contribution in [1.82, 2.24) is 0 Å². The van der Waals surface area contributed by atoms with E-state index in [1.807, 2.05) is 18.2 Å². The van der Waals surface area contributed by atoms with Gasteiger partial charge in [-0.2, -0.15) is 0 Å². The molecule has 2 N–H and O–H groups in total. The molecule has 6 heteroatoms. The molecule has 1 heterocycles. The van der Waals surface area contributed by atoms with Crippen molar-refractivity contribution in [1.29, 1.82) is 0 Å². The van der Waals surface area contributed by atoms with Gasteiger partial charge in [0.2, 0.25) is 0 Å². The second-order valence-electron chi connectivity index (χ2n) is 5.32. The molecule has 2 atom stereocenters. The summed E-state index contributed by atoms with van der Waals surface area (Å²) >= 11 is 3.46. The number of hydrogen-bond donors (Lipinski definition) is 1. The zero-order valence-corrected chi connectivity index (χ0v) is 13.9. The molecule has 4 nitrogen and oxygen atoms in total. The Kier molecular flexibility index (Phi) is 5.09. The third-order valence-electron chi connectivity index (χ3n) is 3.96. The van der Waals surface area contributed by atoms with Crippen molar-refractivity contribution in [3.05, 3.63) is 28.2 Å². The van der Waals surface area contributed by atoms with E-state index in [2.05, 4.69) is 15.9 Å². The number of rotatable bonds is 5. The molecule has 0 bridgehead atoms. The number of hydrogen-bond acceptors (Lipinski definition) is 4. The third-order valence-corrected chi connectivity index (χ3v) is 6.25. The third kappa shape index (κ3) is 3.74. The van der Waals surface area contributed by atoms with Gasteiger partial charge in [0.05, 0.1) is 18.6 Å². The van der Waals surface area contributed by atoms with Crippen LogP contribution in [0.4, 0.5) is 0 Å². The number of ether oxygens (including phenoxy) is 1. The molecule has 0 saturated carbocycles. The second kappa shape index (κ2) is 6.45. The summed E-state index contributed by atoms with van der Waals surface area (Å²) in [6, 6.07) is 5.86. The minimum Gasteiger partial charge on any atom is -0.496 e. The number of benzene rings is 1. The van der Waals surface area contributed by atoms with Gasteiger partial charge < -0.3 is 10.5 Å². The molecule has 0 aliphatic carbocycles. The summed E-state index contributed by atoms with van der Waals surface area (Å²) in [5, 5.41) is 0. The fraction of sp³-hybridized carbons (Fsp3) is 0.571. The molecule has 1 fully saturated rings. The van der Waals surface area contributed by atoms with E-state index < -0.39 is 9.84 Å². The average Bonchev–Trinajstić information content (AvgIpc) is 2.76. The highest BCUT2D eigenvalue weighted by molar-refractivity contribution is 9.10. The Bertz CT molecular complexity index is 574. The van der Waals surface area contributed by atoms with E-state index in [9.17, 15) is 8.42 Å². The van der Waals surface area contributed by atoms with E-state index in [0.29, 0.717) is 12.3 Å². The first kappa shape index (κ1) is 15.8. The molecule has 1 aliphatic rings. The highest BCUT2D eigenvalue weighted by Gasteiger charge is 2.33. The van der Waals surface area contributed by atoms with E-state index >= 15 is 0 Å². The molecule has 1 saturated heterocycles. The van der Waals surface area contributed by atoms with Gasteiger partial charge in [0.25, 0.3) is 0 Å². The number of nitrogens with two attached hydrogens (primary N) is 1. The summed E-state index contributed by atoms with van der Waals surface area (Å²) in [7, 11) is -1.22. The predicted molar refractivity (Wildman–Crippen MR) is 83.7 cm³/mol. The molecule has 20 heavy (non-hydrogen) atoms. The lowest BCUT2D eigenvalue weighted by molar-refractivity contribution is 0.358. The Morgan fingerprint density at radius 3 is 2.80 bits per heavy atom. The Labute approximate surface area is 128 Å². The van der Waals surface area contributed by atoms with Gasteiger partial charge >= 0.3 is 0 Å². The van der Waals surface area contributed by atoms with Crippen LogP contribution in [0.15, 0.2) is 22.7 Å². The SMILES string of the molecule is COc1ccc(Br)cc1CC(CN)C1CCS(=O)(=O)C1. The maximum atomic E-state index is 11.6. The maximum Gasteiger partial charge on any atom is 0.150 e. The molecular formula is C14H20BrNO3S. The second-order valence-corrected chi connectivity index (χ2v) is 8.46. The highest BCUT2D eigenvalue weighted by Crippen LogP contribution is 2.31. The van der Waals surface area contributed by atoms with E-state index in [0.717, 1.165) is 28.6 Å². The summed E-state index contributed by atoms with van der Waals surface area (Å²) in [5.74, 6) is 1.73. The number of sulfone groups is 1. The quantitative estimate of drug-likeness (QED) is 0.870. The van der Waals surface area contributed by atoms with Gasteiger partial charge in [0.15, 0.2) is 9.84 Å². The molecule has 2 rings (SSSR count). The zero-order chi connectivity index (χ0) is 14.8. The fourth-order valence-electron chi connectivity index (χ4n) is 2.83. The smallest absolute Gasteiger partial charge is 0.150 e. The number of methoxy groups -OCH3 is 1. The Hall–Kier alpha value is -0.590. The first-order chi connectivity index (χ1) is 9.45. The Morgan fingerprint density at radius 1 is 1.50 bits per heavy atom. The average molecular weight is 362 g/mol. The topological polar surface area (TPSA) is 69.4 Å². The van der Waals surface area contributed by atoms with E-state index in [1.165, 1.54) is 0 Å². The van der Waals surface area contributed by atoms with Gasteiger partial charge in [0.1, 0.15) is 5.75 Å². The van der Waals surface area contributed by atoms with Crippen LogP contribution in [0, 0.1) is 11.8 Å². The van der Waals surface area contributed by atoms with Crippen molar-refractivity contribution in [3.63, 3.8) is 0 Å². The van der Waals surface area contributed by atoms with Crippen molar-refractivity contribution in [2.45, 2.75) is 12.8 Å². The van der Waals surface area contributed by atoms with Crippen LogP contribution in [0.3, 0.4) is 0 Å². The van der Waals surface area contributed by atoms with Crippen molar-refractivity contribution < 1.29 is 13.2 Å². The van der Waals surface area contributed by atoms with Gasteiger partial charge in [-0.1, -0.05) is 15.9 Å². The van der Waals surface area contributed by atoms with Crippen molar-refractivity contribution in [2.75, 3.05) is 25.2 Å². The summed E-state index contributed by atoms with van der Waals surface area (Å²) in [6.07, 6.45) is 1.47. The van der Waals surface area contributed by atoms with Crippen molar-refractivity contribution in [3.8, 4) is 5.75 Å². The molecule has 0 radical (unpaired) electrons. The summed E-state index contributed by atoms with van der Waals surface area (Å²) < 4.78 is 29.6. The molecule has 1 aromatic rings. The standard InChI is InChI=1S/C14H20BrNO3S/c1-19-14-3-2-13(15)7-11(14)6-12(8-16)10-4-5-20(17,18)9-10/h2-3,7,10,12H,4-6,8-9,16H2,1H3. The molecule has 0 spiro atoms. The van der Waals surface area contributed by atoms with Crippen molar-refractivity contribution in [2.24, 2.45) is 17.6 Å². The van der Waals surface area contributed by atoms with Gasteiger partial charge in [-0.05, 0) is 55.0 Å². The van der Waals surface area contributed by atoms with E-state index in [1.54, 1.807) is 7.11 Å². The first-order valence-electron chi connectivity index (χ1n) is 6.68. The van der Waals surface area contributed by atoms with Crippen LogP contribution in [-0.2, 0) is 16.3 Å². The largest absolute Gasteiger partial charge is 0.496 e. The van der Waals surface area contributed by atoms with Crippen LogP contribution >= 0.6 is 15.9 Å². The van der Waals surface area contributed by atoms with E-state index in [-0.39, 0.29) is 17.6 Å². The van der Waals surface area contributed by atoms with E-state index in [4.69, 9.17) is 10.5 Å². The van der Waals surface area contributed by atoms with Crippen LogP contribution in [-0.4, -0.2) is 33.6 Å². The minimum absolute atomic E-state index is 0.161. The highest BCUT2D eigenvalue weighted by atomic mass is 79.9. The Balaban J connectivity index is 2.16. The molecule has 1 aliphatic heterocycles.